The number of aliphatic hydroxyl groups is 1. The van der Waals surface area contributed by atoms with E-state index >= 15 is 0 Å². The highest BCUT2D eigenvalue weighted by Crippen LogP contribution is 2.22. The molecule has 3 nitrogen and oxygen atoms in total. The Morgan fingerprint density at radius 1 is 1.17 bits per heavy atom. The van der Waals surface area contributed by atoms with Crippen molar-refractivity contribution in [3.05, 3.63) is 70.2 Å². The molecule has 0 radical (unpaired) electrons. The predicted molar refractivity (Wildman–Crippen MR) is 94.0 cm³/mol. The third kappa shape index (κ3) is 4.81. The number of carbonyl (C=O) groups is 1. The number of benzene rings is 2. The van der Waals surface area contributed by atoms with E-state index in [1.54, 1.807) is 13.0 Å². The molecule has 2 unspecified atom stereocenters. The Balaban J connectivity index is 2.09. The Hall–Kier alpha value is -1.84. The van der Waals surface area contributed by atoms with Crippen molar-refractivity contribution in [2.75, 3.05) is 6.54 Å². The summed E-state index contributed by atoms with van der Waals surface area (Å²) in [4.78, 5) is 12.4. The summed E-state index contributed by atoms with van der Waals surface area (Å²) in [5.41, 5.74) is 2.46. The average molecular weight is 332 g/mol. The van der Waals surface area contributed by atoms with Gasteiger partial charge in [0.05, 0.1) is 16.7 Å². The molecule has 1 amide bonds. The molecule has 23 heavy (non-hydrogen) atoms. The topological polar surface area (TPSA) is 49.3 Å². The number of hydrogen-bond acceptors (Lipinski definition) is 2. The van der Waals surface area contributed by atoms with Crippen LogP contribution in [-0.4, -0.2) is 23.7 Å². The summed E-state index contributed by atoms with van der Waals surface area (Å²) in [6, 6.07) is 15.3. The van der Waals surface area contributed by atoms with Gasteiger partial charge < -0.3 is 10.4 Å². The highest BCUT2D eigenvalue weighted by atomic mass is 35.5. The van der Waals surface area contributed by atoms with Gasteiger partial charge in [0.25, 0.3) is 5.91 Å². The van der Waals surface area contributed by atoms with E-state index < -0.39 is 6.10 Å². The van der Waals surface area contributed by atoms with E-state index in [0.29, 0.717) is 23.6 Å². The molecule has 2 rings (SSSR count). The van der Waals surface area contributed by atoms with Crippen molar-refractivity contribution in [2.45, 2.75) is 32.3 Å². The molecule has 0 aliphatic heterocycles. The fourth-order valence-electron chi connectivity index (χ4n) is 2.61. The molecule has 0 aromatic heterocycles. The van der Waals surface area contributed by atoms with E-state index in [2.05, 4.69) is 5.32 Å². The Morgan fingerprint density at radius 3 is 2.52 bits per heavy atom. The van der Waals surface area contributed by atoms with Gasteiger partial charge in [-0.25, -0.2) is 0 Å². The first-order valence-corrected chi connectivity index (χ1v) is 8.13. The molecule has 0 aliphatic carbocycles. The first kappa shape index (κ1) is 17.5. The number of aryl methyl sites for hydroxylation is 1. The second-order valence-corrected chi connectivity index (χ2v) is 6.22. The van der Waals surface area contributed by atoms with Crippen LogP contribution in [0.1, 0.15) is 40.7 Å². The third-order valence-electron chi connectivity index (χ3n) is 3.84. The third-order valence-corrected chi connectivity index (χ3v) is 4.34. The summed E-state index contributed by atoms with van der Waals surface area (Å²) in [5.74, 6) is -0.131. The summed E-state index contributed by atoms with van der Waals surface area (Å²) in [5, 5.41) is 13.1. The first-order chi connectivity index (χ1) is 11.0. The van der Waals surface area contributed by atoms with Crippen LogP contribution in [0.15, 0.2) is 48.5 Å². The van der Waals surface area contributed by atoms with E-state index in [0.717, 1.165) is 11.1 Å². The number of rotatable bonds is 6. The molecule has 2 aromatic carbocycles. The molecule has 0 saturated carbocycles. The van der Waals surface area contributed by atoms with Gasteiger partial charge in [0.1, 0.15) is 0 Å². The summed E-state index contributed by atoms with van der Waals surface area (Å²) in [6.45, 7) is 4.09. The maximum atomic E-state index is 12.4. The average Bonchev–Trinajstić information content (AvgIpc) is 2.54. The molecule has 4 heteroatoms. The van der Waals surface area contributed by atoms with Crippen molar-refractivity contribution in [3.8, 4) is 0 Å². The smallest absolute Gasteiger partial charge is 0.252 e. The van der Waals surface area contributed by atoms with Gasteiger partial charge in [-0.3, -0.25) is 4.79 Å². The maximum absolute atomic E-state index is 12.4. The highest BCUT2D eigenvalue weighted by molar-refractivity contribution is 6.34. The van der Waals surface area contributed by atoms with E-state index in [9.17, 15) is 9.90 Å². The Labute approximate surface area is 142 Å². The van der Waals surface area contributed by atoms with Gasteiger partial charge >= 0.3 is 0 Å². The van der Waals surface area contributed by atoms with Gasteiger partial charge in [-0.15, -0.1) is 0 Å². The standard InChI is InChI=1S/C19H22ClNO2/c1-13-7-6-10-17(18(13)20)19(23)21-12-16(11-14(2)22)15-8-4-3-5-9-15/h3-10,14,16,22H,11-12H2,1-2H3,(H,21,23). The SMILES string of the molecule is Cc1cccc(C(=O)NCC(CC(C)O)c2ccccc2)c1Cl. The van der Waals surface area contributed by atoms with Gasteiger partial charge in [0.2, 0.25) is 0 Å². The molecule has 2 atom stereocenters. The van der Waals surface area contributed by atoms with E-state index in [4.69, 9.17) is 11.6 Å². The van der Waals surface area contributed by atoms with Crippen LogP contribution in [0.2, 0.25) is 5.02 Å². The first-order valence-electron chi connectivity index (χ1n) is 7.75. The van der Waals surface area contributed by atoms with Crippen LogP contribution in [0, 0.1) is 6.92 Å². The van der Waals surface area contributed by atoms with Gasteiger partial charge in [-0.05, 0) is 37.5 Å². The highest BCUT2D eigenvalue weighted by Gasteiger charge is 2.17. The van der Waals surface area contributed by atoms with Crippen LogP contribution in [0.5, 0.6) is 0 Å². The molecule has 0 spiro atoms. The van der Waals surface area contributed by atoms with Crippen molar-refractivity contribution in [3.63, 3.8) is 0 Å². The molecule has 0 bridgehead atoms. The van der Waals surface area contributed by atoms with Gasteiger partial charge in [0, 0.05) is 12.5 Å². The number of aliphatic hydroxyl groups excluding tert-OH is 1. The molecule has 122 valence electrons. The maximum Gasteiger partial charge on any atom is 0.252 e. The summed E-state index contributed by atoms with van der Waals surface area (Å²) < 4.78 is 0. The monoisotopic (exact) mass is 331 g/mol. The molecular weight excluding hydrogens is 310 g/mol. The second kappa shape index (κ2) is 8.14. The van der Waals surface area contributed by atoms with Gasteiger partial charge in [-0.1, -0.05) is 54.1 Å². The number of amides is 1. The molecule has 2 N–H and O–H groups in total. The molecule has 0 aliphatic rings. The fourth-order valence-corrected chi connectivity index (χ4v) is 2.82. The van der Waals surface area contributed by atoms with Crippen molar-refractivity contribution >= 4 is 17.5 Å². The molecule has 0 fully saturated rings. The zero-order valence-electron chi connectivity index (χ0n) is 13.4. The Kier molecular flexibility index (Phi) is 6.20. The van der Waals surface area contributed by atoms with E-state index in [1.165, 1.54) is 0 Å². The fraction of sp³-hybridized carbons (Fsp3) is 0.316. The number of halogens is 1. The normalized spacial score (nSPS) is 13.4. The van der Waals surface area contributed by atoms with Crippen molar-refractivity contribution < 1.29 is 9.90 Å². The lowest BCUT2D eigenvalue weighted by molar-refractivity contribution is 0.0945. The minimum Gasteiger partial charge on any atom is -0.393 e. The van der Waals surface area contributed by atoms with Crippen LogP contribution >= 0.6 is 11.6 Å². The zero-order chi connectivity index (χ0) is 16.8. The quantitative estimate of drug-likeness (QED) is 0.842. The molecular formula is C19H22ClNO2. The summed E-state index contributed by atoms with van der Waals surface area (Å²) >= 11 is 6.20. The molecule has 0 saturated heterocycles. The number of nitrogens with one attached hydrogen (secondary N) is 1. The van der Waals surface area contributed by atoms with Crippen molar-refractivity contribution in [2.24, 2.45) is 0 Å². The Morgan fingerprint density at radius 2 is 1.87 bits per heavy atom. The minimum absolute atomic E-state index is 0.0590. The van der Waals surface area contributed by atoms with Crippen LogP contribution in [-0.2, 0) is 0 Å². The van der Waals surface area contributed by atoms with E-state index in [-0.39, 0.29) is 11.8 Å². The summed E-state index contributed by atoms with van der Waals surface area (Å²) in [7, 11) is 0. The lowest BCUT2D eigenvalue weighted by Gasteiger charge is -2.20. The summed E-state index contributed by atoms with van der Waals surface area (Å²) in [6.07, 6.45) is 0.158. The van der Waals surface area contributed by atoms with Crippen LogP contribution in [0.25, 0.3) is 0 Å². The van der Waals surface area contributed by atoms with Gasteiger partial charge in [0.15, 0.2) is 0 Å². The molecule has 0 heterocycles. The number of hydrogen-bond donors (Lipinski definition) is 2. The lowest BCUT2D eigenvalue weighted by Crippen LogP contribution is -2.30. The van der Waals surface area contributed by atoms with Crippen LogP contribution < -0.4 is 5.32 Å². The van der Waals surface area contributed by atoms with Crippen LogP contribution in [0.3, 0.4) is 0 Å². The lowest BCUT2D eigenvalue weighted by atomic mass is 9.93. The van der Waals surface area contributed by atoms with E-state index in [1.807, 2.05) is 49.4 Å². The predicted octanol–water partition coefficient (Wildman–Crippen LogP) is 3.93. The van der Waals surface area contributed by atoms with Crippen molar-refractivity contribution in [1.29, 1.82) is 0 Å². The zero-order valence-corrected chi connectivity index (χ0v) is 14.2. The van der Waals surface area contributed by atoms with Crippen LogP contribution in [0.4, 0.5) is 0 Å². The van der Waals surface area contributed by atoms with Crippen molar-refractivity contribution in [1.82, 2.24) is 5.32 Å². The van der Waals surface area contributed by atoms with Gasteiger partial charge in [-0.2, -0.15) is 0 Å². The minimum atomic E-state index is -0.431. The Bertz CT molecular complexity index is 656. The molecule has 2 aromatic rings. The number of carbonyl (C=O) groups excluding carboxylic acids is 1. The largest absolute Gasteiger partial charge is 0.393 e. The second-order valence-electron chi connectivity index (χ2n) is 5.84.